The van der Waals surface area contributed by atoms with Crippen LogP contribution in [0.5, 0.6) is 5.75 Å². The van der Waals surface area contributed by atoms with Crippen molar-refractivity contribution in [3.8, 4) is 11.8 Å². The summed E-state index contributed by atoms with van der Waals surface area (Å²) in [5.74, 6) is -0.450. The number of ether oxygens (including phenoxy) is 1. The highest BCUT2D eigenvalue weighted by atomic mass is 16.5. The van der Waals surface area contributed by atoms with Crippen molar-refractivity contribution in [1.82, 2.24) is 5.32 Å². The first-order chi connectivity index (χ1) is 17.0. The fourth-order valence-electron chi connectivity index (χ4n) is 4.85. The predicted molar refractivity (Wildman–Crippen MR) is 137 cm³/mol. The maximum atomic E-state index is 11.4. The number of hydrogen-bond donors (Lipinski definition) is 3. The number of carboxylic acids is 1. The maximum absolute atomic E-state index is 11.4. The van der Waals surface area contributed by atoms with Crippen LogP contribution in [0.15, 0.2) is 66.7 Å². The average molecular weight is 470 g/mol. The molecule has 0 amide bonds. The minimum atomic E-state index is -0.852. The van der Waals surface area contributed by atoms with Crippen molar-refractivity contribution in [1.29, 1.82) is 5.26 Å². The molecule has 180 valence electrons. The van der Waals surface area contributed by atoms with Gasteiger partial charge in [0.1, 0.15) is 5.75 Å². The van der Waals surface area contributed by atoms with Crippen LogP contribution in [0.1, 0.15) is 46.7 Å². The van der Waals surface area contributed by atoms with E-state index in [9.17, 15) is 15.2 Å². The zero-order chi connectivity index (χ0) is 24.8. The third-order valence-corrected chi connectivity index (χ3v) is 6.89. The number of rotatable bonds is 9. The predicted octanol–water partition coefficient (Wildman–Crippen LogP) is 4.91. The molecule has 0 fully saturated rings. The van der Waals surface area contributed by atoms with E-state index in [1.165, 1.54) is 5.56 Å². The second-order valence-corrected chi connectivity index (χ2v) is 9.01. The number of benzene rings is 3. The molecule has 1 aliphatic rings. The summed E-state index contributed by atoms with van der Waals surface area (Å²) in [7, 11) is 1.62. The molecule has 0 aliphatic carbocycles. The average Bonchev–Trinajstić information content (AvgIpc) is 2.90. The molecule has 3 atom stereocenters. The van der Waals surface area contributed by atoms with Gasteiger partial charge in [0.15, 0.2) is 0 Å². The summed E-state index contributed by atoms with van der Waals surface area (Å²) in [6, 6.07) is 24.4. The first-order valence-electron chi connectivity index (χ1n) is 12.0. The molecule has 1 aliphatic heterocycles. The molecule has 1 heterocycles. The summed E-state index contributed by atoms with van der Waals surface area (Å²) in [5.41, 5.74) is 5.84. The van der Waals surface area contributed by atoms with Gasteiger partial charge in [-0.2, -0.15) is 5.26 Å². The Hall–Kier alpha value is -3.82. The van der Waals surface area contributed by atoms with Gasteiger partial charge in [-0.3, -0.25) is 4.79 Å². The highest BCUT2D eigenvalue weighted by Gasteiger charge is 2.28. The van der Waals surface area contributed by atoms with E-state index < -0.39 is 11.9 Å². The lowest BCUT2D eigenvalue weighted by molar-refractivity contribution is -0.138. The number of carboxylic acid groups (broad SMARTS) is 1. The Morgan fingerprint density at radius 1 is 1.17 bits per heavy atom. The van der Waals surface area contributed by atoms with Crippen molar-refractivity contribution in [3.05, 3.63) is 94.5 Å². The highest BCUT2D eigenvalue weighted by molar-refractivity contribution is 5.75. The molecular weight excluding hydrogens is 438 g/mol. The van der Waals surface area contributed by atoms with E-state index in [0.29, 0.717) is 5.75 Å². The minimum absolute atomic E-state index is 0.112. The number of nitriles is 1. The van der Waals surface area contributed by atoms with Crippen LogP contribution >= 0.6 is 0 Å². The van der Waals surface area contributed by atoms with Gasteiger partial charge in [-0.05, 0) is 72.7 Å². The van der Waals surface area contributed by atoms with Gasteiger partial charge in [-0.15, -0.1) is 0 Å². The molecule has 0 saturated carbocycles. The van der Waals surface area contributed by atoms with Gasteiger partial charge in [0.25, 0.3) is 0 Å². The van der Waals surface area contributed by atoms with E-state index in [2.05, 4.69) is 41.0 Å². The lowest BCUT2D eigenvalue weighted by Crippen LogP contribution is -2.37. The topological polar surface area (TPSA) is 94.4 Å². The fourth-order valence-corrected chi connectivity index (χ4v) is 4.85. The van der Waals surface area contributed by atoms with Crippen molar-refractivity contribution in [2.24, 2.45) is 5.92 Å². The largest absolute Gasteiger partial charge is 0.496 e. The van der Waals surface area contributed by atoms with E-state index in [1.54, 1.807) is 14.0 Å². The summed E-state index contributed by atoms with van der Waals surface area (Å²) in [5, 5.41) is 26.2. The number of hydrogen-bond acceptors (Lipinski definition) is 5. The van der Waals surface area contributed by atoms with E-state index in [4.69, 9.17) is 4.74 Å². The van der Waals surface area contributed by atoms with Crippen LogP contribution in [0.2, 0.25) is 0 Å². The third kappa shape index (κ3) is 5.47. The van der Waals surface area contributed by atoms with Crippen LogP contribution in [0.3, 0.4) is 0 Å². The summed E-state index contributed by atoms with van der Waals surface area (Å²) in [6.45, 7) is 3.23. The lowest BCUT2D eigenvalue weighted by Gasteiger charge is -2.34. The molecule has 4 rings (SSSR count). The van der Waals surface area contributed by atoms with E-state index in [1.807, 2.05) is 42.5 Å². The number of aliphatic carboxylic acids is 1. The van der Waals surface area contributed by atoms with Crippen LogP contribution in [-0.4, -0.2) is 31.3 Å². The van der Waals surface area contributed by atoms with Crippen molar-refractivity contribution in [3.63, 3.8) is 0 Å². The number of nitrogens with one attached hydrogen (secondary N) is 2. The fraction of sp³-hybridized carbons (Fsp3) is 0.310. The highest BCUT2D eigenvalue weighted by Crippen LogP contribution is 2.34. The second kappa shape index (κ2) is 11.1. The van der Waals surface area contributed by atoms with Gasteiger partial charge in [-0.25, -0.2) is 0 Å². The number of carbonyl (C=O) groups is 1. The van der Waals surface area contributed by atoms with Crippen LogP contribution in [0.25, 0.3) is 0 Å². The van der Waals surface area contributed by atoms with Gasteiger partial charge in [0.2, 0.25) is 0 Å². The molecule has 3 N–H and O–H groups in total. The Kier molecular flexibility index (Phi) is 7.69. The van der Waals surface area contributed by atoms with Crippen LogP contribution in [-0.2, 0) is 17.6 Å². The van der Waals surface area contributed by atoms with Gasteiger partial charge in [-0.1, -0.05) is 48.5 Å². The van der Waals surface area contributed by atoms with E-state index >= 15 is 0 Å². The zero-order valence-electron chi connectivity index (χ0n) is 20.1. The summed E-state index contributed by atoms with van der Waals surface area (Å²) >= 11 is 0. The zero-order valence-corrected chi connectivity index (χ0v) is 20.1. The lowest BCUT2D eigenvalue weighted by atomic mass is 9.83. The molecule has 35 heavy (non-hydrogen) atoms. The molecule has 6 nitrogen and oxygen atoms in total. The van der Waals surface area contributed by atoms with Crippen LogP contribution in [0.4, 0.5) is 5.69 Å². The van der Waals surface area contributed by atoms with Gasteiger partial charge in [0, 0.05) is 18.3 Å². The molecule has 0 aromatic heterocycles. The summed E-state index contributed by atoms with van der Waals surface area (Å²) in [6.07, 6.45) is 1.57. The standard InChI is InChI=1S/C29H31N3O3/c1-19(29(33)34)22-12-11-20(27(16-22)35-2)13-14-31-28(21-7-4-3-5-8-21)24-15-25-23(17-30)9-6-10-26(25)32-18-24/h3-12,16,19,24,28,31-32H,13-15,18H2,1-2H3,(H,33,34)/t19-,24-,28-/m1/s1. The molecule has 0 bridgehead atoms. The molecule has 0 saturated heterocycles. The van der Waals surface area contributed by atoms with Crippen molar-refractivity contribution in [2.45, 2.75) is 31.7 Å². The van der Waals surface area contributed by atoms with Crippen molar-refractivity contribution < 1.29 is 14.6 Å². The molecule has 3 aromatic rings. The molecule has 0 radical (unpaired) electrons. The number of fused-ring (bicyclic) bond motifs is 1. The number of nitrogens with zero attached hydrogens (tertiary/aromatic N) is 1. The number of anilines is 1. The Morgan fingerprint density at radius 3 is 2.69 bits per heavy atom. The second-order valence-electron chi connectivity index (χ2n) is 9.01. The molecule has 3 aromatic carbocycles. The van der Waals surface area contributed by atoms with E-state index in [-0.39, 0.29) is 12.0 Å². The quantitative estimate of drug-likeness (QED) is 0.412. The Bertz CT molecular complexity index is 1220. The maximum Gasteiger partial charge on any atom is 0.310 e. The molecule has 0 spiro atoms. The molecule has 6 heteroatoms. The third-order valence-electron chi connectivity index (χ3n) is 6.89. The van der Waals surface area contributed by atoms with Crippen molar-refractivity contribution in [2.75, 3.05) is 25.5 Å². The van der Waals surface area contributed by atoms with Gasteiger partial charge >= 0.3 is 5.97 Å². The first-order valence-corrected chi connectivity index (χ1v) is 12.0. The smallest absolute Gasteiger partial charge is 0.310 e. The SMILES string of the molecule is COc1cc([C@@H](C)C(=O)O)ccc1CCN[C@H](c1ccccc1)[C@H]1CNc2cccc(C#N)c2C1. The van der Waals surface area contributed by atoms with Gasteiger partial charge in [0.05, 0.1) is 24.7 Å². The molecule has 0 unspecified atom stereocenters. The van der Waals surface area contributed by atoms with Crippen LogP contribution < -0.4 is 15.4 Å². The molecular formula is C29H31N3O3. The normalized spacial score (nSPS) is 16.3. The Morgan fingerprint density at radius 2 is 1.97 bits per heavy atom. The monoisotopic (exact) mass is 469 g/mol. The van der Waals surface area contributed by atoms with Crippen LogP contribution in [0, 0.1) is 17.2 Å². The first kappa shape index (κ1) is 24.3. The van der Waals surface area contributed by atoms with Crippen molar-refractivity contribution >= 4 is 11.7 Å². The Balaban J connectivity index is 1.51. The minimum Gasteiger partial charge on any atom is -0.496 e. The van der Waals surface area contributed by atoms with E-state index in [0.717, 1.165) is 53.9 Å². The Labute approximate surface area is 206 Å². The number of methoxy groups -OCH3 is 1. The summed E-state index contributed by atoms with van der Waals surface area (Å²) in [4.78, 5) is 11.4. The van der Waals surface area contributed by atoms with Gasteiger partial charge < -0.3 is 20.5 Å². The summed E-state index contributed by atoms with van der Waals surface area (Å²) < 4.78 is 5.58.